The van der Waals surface area contributed by atoms with Crippen molar-refractivity contribution in [3.8, 4) is 11.3 Å². The third kappa shape index (κ3) is 2.69. The van der Waals surface area contributed by atoms with Gasteiger partial charge in [-0.05, 0) is 5.56 Å². The van der Waals surface area contributed by atoms with Gasteiger partial charge in [-0.1, -0.05) is 24.3 Å². The average molecular weight is 247 g/mol. The first-order chi connectivity index (χ1) is 8.72. The number of rotatable bonds is 4. The molecule has 0 spiro atoms. The Labute approximate surface area is 104 Å². The molecule has 0 amide bonds. The highest BCUT2D eigenvalue weighted by molar-refractivity contribution is 5.58. The van der Waals surface area contributed by atoms with Crippen LogP contribution in [0.5, 0.6) is 0 Å². The molecule has 0 unspecified atom stereocenters. The van der Waals surface area contributed by atoms with Crippen molar-refractivity contribution in [2.24, 2.45) is 5.73 Å². The summed E-state index contributed by atoms with van der Waals surface area (Å²) >= 11 is 0. The summed E-state index contributed by atoms with van der Waals surface area (Å²) in [6, 6.07) is 6.13. The van der Waals surface area contributed by atoms with Crippen molar-refractivity contribution in [3.05, 3.63) is 48.4 Å². The Kier molecular flexibility index (Phi) is 3.96. The summed E-state index contributed by atoms with van der Waals surface area (Å²) in [7, 11) is 0. The predicted octanol–water partition coefficient (Wildman–Crippen LogP) is 1.47. The molecule has 2 atom stereocenters. The lowest BCUT2D eigenvalue weighted by molar-refractivity contribution is 0.132. The van der Waals surface area contributed by atoms with Crippen molar-refractivity contribution in [2.45, 2.75) is 12.1 Å². The molecule has 3 N–H and O–H groups in total. The van der Waals surface area contributed by atoms with Crippen LogP contribution in [0.4, 0.5) is 4.39 Å². The van der Waals surface area contributed by atoms with Crippen LogP contribution in [0.1, 0.15) is 11.7 Å². The minimum atomic E-state index is -0.995. The van der Waals surface area contributed by atoms with Crippen LogP contribution in [0.25, 0.3) is 11.3 Å². The molecule has 5 heteroatoms. The molecule has 18 heavy (non-hydrogen) atoms. The minimum absolute atomic E-state index is 0.591. The van der Waals surface area contributed by atoms with Crippen molar-refractivity contribution in [1.82, 2.24) is 9.97 Å². The Hall–Kier alpha value is -1.85. The molecule has 0 saturated heterocycles. The van der Waals surface area contributed by atoms with Crippen LogP contribution < -0.4 is 5.73 Å². The molecule has 0 bridgehead atoms. The van der Waals surface area contributed by atoms with Gasteiger partial charge >= 0.3 is 0 Å². The summed E-state index contributed by atoms with van der Waals surface area (Å²) in [5.74, 6) is 0. The Bertz CT molecular complexity index is 489. The summed E-state index contributed by atoms with van der Waals surface area (Å²) in [5, 5.41) is 9.76. The first kappa shape index (κ1) is 12.6. The number of benzene rings is 1. The predicted molar refractivity (Wildman–Crippen MR) is 66.4 cm³/mol. The number of aliphatic hydroxyl groups excluding tert-OH is 1. The first-order valence-corrected chi connectivity index (χ1v) is 5.58. The molecule has 0 saturated carbocycles. The molecule has 0 aliphatic heterocycles. The lowest BCUT2D eigenvalue weighted by atomic mass is 10.0. The van der Waals surface area contributed by atoms with E-state index >= 15 is 0 Å². The van der Waals surface area contributed by atoms with Crippen molar-refractivity contribution < 1.29 is 9.50 Å². The van der Waals surface area contributed by atoms with Gasteiger partial charge in [0.2, 0.25) is 0 Å². The van der Waals surface area contributed by atoms with Gasteiger partial charge in [-0.25, -0.2) is 4.39 Å². The normalized spacial score (nSPS) is 14.2. The van der Waals surface area contributed by atoms with Gasteiger partial charge in [0, 0.05) is 18.0 Å². The molecular weight excluding hydrogens is 233 g/mol. The number of aromatic nitrogens is 2. The summed E-state index contributed by atoms with van der Waals surface area (Å²) < 4.78 is 12.4. The molecule has 94 valence electrons. The molecule has 4 nitrogen and oxygen atoms in total. The number of hydrogen-bond donors (Lipinski definition) is 2. The van der Waals surface area contributed by atoms with Crippen LogP contribution in [-0.4, -0.2) is 27.8 Å². The van der Waals surface area contributed by atoms with Crippen LogP contribution in [0.3, 0.4) is 0 Å². The molecule has 1 heterocycles. The zero-order chi connectivity index (χ0) is 13.0. The molecule has 1 aromatic heterocycles. The summed E-state index contributed by atoms with van der Waals surface area (Å²) in [6.07, 6.45) is 3.86. The van der Waals surface area contributed by atoms with E-state index in [9.17, 15) is 9.50 Å². The molecule has 0 aliphatic rings. The maximum atomic E-state index is 12.4. The Morgan fingerprint density at radius 3 is 2.50 bits per heavy atom. The maximum absolute atomic E-state index is 12.4. The largest absolute Gasteiger partial charge is 0.387 e. The van der Waals surface area contributed by atoms with Gasteiger partial charge in [0.05, 0.1) is 24.0 Å². The van der Waals surface area contributed by atoms with E-state index in [-0.39, 0.29) is 0 Å². The standard InChI is InChI=1S/C13H14FN3O/c14-7-11(15)13(18)10-3-1-9(2-4-10)12-8-16-5-6-17-12/h1-6,8,11,13,18H,7,15H2/t11-,13-/m1/s1. The van der Waals surface area contributed by atoms with E-state index in [1.54, 1.807) is 42.9 Å². The van der Waals surface area contributed by atoms with Crippen LogP contribution in [-0.2, 0) is 0 Å². The molecular formula is C13H14FN3O. The average Bonchev–Trinajstić information content (AvgIpc) is 2.47. The van der Waals surface area contributed by atoms with Gasteiger partial charge in [0.25, 0.3) is 0 Å². The molecule has 1 aromatic carbocycles. The monoisotopic (exact) mass is 247 g/mol. The smallest absolute Gasteiger partial charge is 0.107 e. The van der Waals surface area contributed by atoms with Crippen molar-refractivity contribution >= 4 is 0 Å². The number of nitrogens with two attached hydrogens (primary N) is 1. The fourth-order valence-electron chi connectivity index (χ4n) is 1.63. The molecule has 0 fully saturated rings. The highest BCUT2D eigenvalue weighted by Crippen LogP contribution is 2.21. The third-order valence-electron chi connectivity index (χ3n) is 2.69. The summed E-state index contributed by atoms with van der Waals surface area (Å²) in [5.41, 5.74) is 7.67. The number of nitrogens with zero attached hydrogens (tertiary/aromatic N) is 2. The zero-order valence-electron chi connectivity index (χ0n) is 9.70. The lowest BCUT2D eigenvalue weighted by Crippen LogP contribution is -2.30. The van der Waals surface area contributed by atoms with Gasteiger partial charge in [-0.2, -0.15) is 0 Å². The summed E-state index contributed by atoms with van der Waals surface area (Å²) in [6.45, 7) is -0.757. The molecule has 2 aromatic rings. The number of hydrogen-bond acceptors (Lipinski definition) is 4. The maximum Gasteiger partial charge on any atom is 0.107 e. The van der Waals surface area contributed by atoms with E-state index in [1.165, 1.54) is 0 Å². The molecule has 0 aliphatic carbocycles. The van der Waals surface area contributed by atoms with E-state index in [1.807, 2.05) is 0 Å². The third-order valence-corrected chi connectivity index (χ3v) is 2.69. The van der Waals surface area contributed by atoms with Crippen LogP contribution >= 0.6 is 0 Å². The number of alkyl halides is 1. The molecule has 0 radical (unpaired) electrons. The second-order valence-electron chi connectivity index (χ2n) is 3.98. The highest BCUT2D eigenvalue weighted by Gasteiger charge is 2.16. The first-order valence-electron chi connectivity index (χ1n) is 5.58. The number of aliphatic hydroxyl groups is 1. The van der Waals surface area contributed by atoms with Gasteiger partial charge < -0.3 is 10.8 Å². The Morgan fingerprint density at radius 1 is 1.22 bits per heavy atom. The fraction of sp³-hybridized carbons (Fsp3) is 0.231. The van der Waals surface area contributed by atoms with E-state index in [0.717, 1.165) is 11.3 Å². The second kappa shape index (κ2) is 5.66. The fourth-order valence-corrected chi connectivity index (χ4v) is 1.63. The molecule has 2 rings (SSSR count). The van der Waals surface area contributed by atoms with E-state index in [0.29, 0.717) is 5.56 Å². The Balaban J connectivity index is 2.20. The van der Waals surface area contributed by atoms with Gasteiger partial charge in [-0.15, -0.1) is 0 Å². The van der Waals surface area contributed by atoms with Gasteiger partial charge in [-0.3, -0.25) is 9.97 Å². The quantitative estimate of drug-likeness (QED) is 0.858. The van der Waals surface area contributed by atoms with Crippen molar-refractivity contribution in [2.75, 3.05) is 6.67 Å². The van der Waals surface area contributed by atoms with Crippen LogP contribution in [0, 0.1) is 0 Å². The SMILES string of the molecule is N[C@H](CF)[C@H](O)c1ccc(-c2cnccn2)cc1. The van der Waals surface area contributed by atoms with Crippen LogP contribution in [0.15, 0.2) is 42.9 Å². The van der Waals surface area contributed by atoms with Crippen molar-refractivity contribution in [3.63, 3.8) is 0 Å². The lowest BCUT2D eigenvalue weighted by Gasteiger charge is -2.16. The number of halogens is 1. The second-order valence-corrected chi connectivity index (χ2v) is 3.98. The van der Waals surface area contributed by atoms with E-state index in [2.05, 4.69) is 9.97 Å². The van der Waals surface area contributed by atoms with Crippen LogP contribution in [0.2, 0.25) is 0 Å². The van der Waals surface area contributed by atoms with E-state index in [4.69, 9.17) is 5.73 Å². The highest BCUT2D eigenvalue weighted by atomic mass is 19.1. The Morgan fingerprint density at radius 2 is 1.94 bits per heavy atom. The van der Waals surface area contributed by atoms with Gasteiger partial charge in [0.1, 0.15) is 6.67 Å². The zero-order valence-corrected chi connectivity index (χ0v) is 9.70. The van der Waals surface area contributed by atoms with Gasteiger partial charge in [0.15, 0.2) is 0 Å². The van der Waals surface area contributed by atoms with Crippen molar-refractivity contribution in [1.29, 1.82) is 0 Å². The van der Waals surface area contributed by atoms with E-state index < -0.39 is 18.8 Å². The summed E-state index contributed by atoms with van der Waals surface area (Å²) in [4.78, 5) is 8.14. The topological polar surface area (TPSA) is 72.0 Å². The minimum Gasteiger partial charge on any atom is -0.387 e.